The maximum absolute atomic E-state index is 13.4. The predicted molar refractivity (Wildman–Crippen MR) is 132 cm³/mol. The van der Waals surface area contributed by atoms with E-state index in [9.17, 15) is 55.9 Å². The molecule has 0 bridgehead atoms. The Balaban J connectivity index is 1.80. The van der Waals surface area contributed by atoms with Crippen LogP contribution in [0.15, 0.2) is 39.5 Å². The number of aliphatic hydroxyl groups is 7. The van der Waals surface area contributed by atoms with E-state index in [4.69, 9.17) is 13.9 Å². The third-order valence-corrected chi connectivity index (χ3v) is 7.31. The first kappa shape index (κ1) is 28.2. The average molecular weight is 564 g/mol. The fraction of sp³-hybridized carbons (Fsp3) is 0.423. The summed E-state index contributed by atoms with van der Waals surface area (Å²) in [5.74, 6) is -2.01. The largest absolute Gasteiger partial charge is 0.508 e. The van der Waals surface area contributed by atoms with Crippen molar-refractivity contribution in [1.29, 1.82) is 0 Å². The van der Waals surface area contributed by atoms with E-state index in [1.807, 2.05) is 0 Å². The fourth-order valence-corrected chi connectivity index (χ4v) is 5.11. The van der Waals surface area contributed by atoms with Crippen molar-refractivity contribution in [3.8, 4) is 28.6 Å². The Morgan fingerprint density at radius 3 is 2.08 bits per heavy atom. The van der Waals surface area contributed by atoms with Crippen molar-refractivity contribution < 1.29 is 65.0 Å². The molecular formula is C26H28O14. The topological polar surface area (TPSA) is 251 Å². The van der Waals surface area contributed by atoms with Gasteiger partial charge in [0.1, 0.15) is 83.3 Å². The van der Waals surface area contributed by atoms with Gasteiger partial charge in [0.2, 0.25) is 0 Å². The molecule has 0 amide bonds. The van der Waals surface area contributed by atoms with Gasteiger partial charge >= 0.3 is 0 Å². The maximum Gasteiger partial charge on any atom is 0.197 e. The molecule has 0 saturated carbocycles. The number of aliphatic hydroxyl groups excluding tert-OH is 7. The minimum absolute atomic E-state index is 0.0710. The number of aromatic hydroxyl groups is 3. The number of hydrogen-bond acceptors (Lipinski definition) is 14. The van der Waals surface area contributed by atoms with Gasteiger partial charge in [-0.2, -0.15) is 0 Å². The Morgan fingerprint density at radius 1 is 0.775 bits per heavy atom. The van der Waals surface area contributed by atoms with Crippen molar-refractivity contribution in [3.05, 3.63) is 51.7 Å². The molecule has 9 atom stereocenters. The summed E-state index contributed by atoms with van der Waals surface area (Å²) in [6.07, 6.45) is -15.7. The van der Waals surface area contributed by atoms with Crippen LogP contribution in [0, 0.1) is 0 Å². The van der Waals surface area contributed by atoms with Crippen LogP contribution in [-0.2, 0) is 9.47 Å². The summed E-state index contributed by atoms with van der Waals surface area (Å²) in [4.78, 5) is 13.4. The molecule has 2 aliphatic heterocycles. The van der Waals surface area contributed by atoms with Gasteiger partial charge in [-0.1, -0.05) is 0 Å². The summed E-state index contributed by atoms with van der Waals surface area (Å²) in [6, 6.07) is 6.50. The standard InChI is InChI=1S/C26H28O14/c27-6-13-18(32)21(35)23(37)26(40-13)15-19(33)14-10(29)5-12(8-1-3-9(28)4-2-8)39-24(14)16(20(15)34)25-22(36)17(31)11(30)7-38-25/h1-5,11,13,17-18,21-23,25-28,30-37H,6-7H2/t11-,13+,17-,18+,21-,22+,23+,25+,26-/m1/s1. The molecule has 2 aliphatic rings. The van der Waals surface area contributed by atoms with Gasteiger partial charge in [-0.25, -0.2) is 0 Å². The summed E-state index contributed by atoms with van der Waals surface area (Å²) < 4.78 is 16.9. The van der Waals surface area contributed by atoms with Crippen molar-refractivity contribution in [2.45, 2.75) is 54.9 Å². The molecule has 216 valence electrons. The molecule has 5 rings (SSSR count). The fourth-order valence-electron chi connectivity index (χ4n) is 5.11. The highest BCUT2D eigenvalue weighted by molar-refractivity contribution is 5.92. The van der Waals surface area contributed by atoms with Crippen LogP contribution < -0.4 is 5.43 Å². The molecule has 3 heterocycles. The first-order valence-corrected chi connectivity index (χ1v) is 12.3. The summed E-state index contributed by atoms with van der Waals surface area (Å²) in [5.41, 5.74) is -2.15. The lowest BCUT2D eigenvalue weighted by molar-refractivity contribution is -0.232. The highest BCUT2D eigenvalue weighted by Crippen LogP contribution is 2.50. The lowest BCUT2D eigenvalue weighted by atomic mass is 9.85. The predicted octanol–water partition coefficient (Wildman–Crippen LogP) is -1.75. The van der Waals surface area contributed by atoms with Crippen LogP contribution in [0.2, 0.25) is 0 Å². The summed E-state index contributed by atoms with van der Waals surface area (Å²) in [7, 11) is 0. The summed E-state index contributed by atoms with van der Waals surface area (Å²) in [5, 5.41) is 104. The Hall–Kier alpha value is -3.31. The van der Waals surface area contributed by atoms with E-state index in [0.717, 1.165) is 6.07 Å². The number of rotatable bonds is 4. The molecule has 14 nitrogen and oxygen atoms in total. The van der Waals surface area contributed by atoms with Crippen molar-refractivity contribution in [2.24, 2.45) is 0 Å². The van der Waals surface area contributed by atoms with E-state index >= 15 is 0 Å². The van der Waals surface area contributed by atoms with E-state index in [1.165, 1.54) is 24.3 Å². The van der Waals surface area contributed by atoms with Gasteiger partial charge in [0, 0.05) is 11.6 Å². The zero-order valence-corrected chi connectivity index (χ0v) is 20.6. The van der Waals surface area contributed by atoms with Crippen molar-refractivity contribution in [1.82, 2.24) is 0 Å². The average Bonchev–Trinajstić information content (AvgIpc) is 2.92. The molecule has 0 aliphatic carbocycles. The molecule has 0 unspecified atom stereocenters. The van der Waals surface area contributed by atoms with E-state index < -0.39 is 107 Å². The Morgan fingerprint density at radius 2 is 1.43 bits per heavy atom. The third kappa shape index (κ3) is 4.49. The van der Waals surface area contributed by atoms with Gasteiger partial charge in [0.15, 0.2) is 11.0 Å². The molecule has 0 spiro atoms. The van der Waals surface area contributed by atoms with Crippen molar-refractivity contribution in [3.63, 3.8) is 0 Å². The zero-order valence-electron chi connectivity index (χ0n) is 20.6. The molecule has 2 aromatic carbocycles. The van der Waals surface area contributed by atoms with Gasteiger partial charge in [-0.15, -0.1) is 0 Å². The van der Waals surface area contributed by atoms with Crippen LogP contribution in [0.25, 0.3) is 22.3 Å². The smallest absolute Gasteiger partial charge is 0.197 e. The maximum atomic E-state index is 13.4. The highest BCUT2D eigenvalue weighted by atomic mass is 16.5. The van der Waals surface area contributed by atoms with E-state index in [0.29, 0.717) is 5.56 Å². The lowest BCUT2D eigenvalue weighted by Gasteiger charge is -2.41. The first-order valence-electron chi connectivity index (χ1n) is 12.3. The number of benzene rings is 2. The van der Waals surface area contributed by atoms with Crippen LogP contribution in [0.4, 0.5) is 0 Å². The monoisotopic (exact) mass is 564 g/mol. The first-order chi connectivity index (χ1) is 19.0. The minimum atomic E-state index is -1.98. The molecule has 0 radical (unpaired) electrons. The Bertz CT molecular complexity index is 1450. The molecule has 3 aromatic rings. The van der Waals surface area contributed by atoms with Crippen LogP contribution >= 0.6 is 0 Å². The molecule has 14 heteroatoms. The highest BCUT2D eigenvalue weighted by Gasteiger charge is 2.48. The van der Waals surface area contributed by atoms with Gasteiger partial charge in [0.25, 0.3) is 0 Å². The number of ether oxygens (including phenoxy) is 2. The second-order valence-electron chi connectivity index (χ2n) is 9.80. The van der Waals surface area contributed by atoms with Gasteiger partial charge in [-0.05, 0) is 24.3 Å². The van der Waals surface area contributed by atoms with E-state index in [1.54, 1.807) is 0 Å². The molecular weight excluding hydrogens is 536 g/mol. The van der Waals surface area contributed by atoms with Crippen molar-refractivity contribution >= 4 is 11.0 Å². The Labute approximate surface area is 224 Å². The lowest BCUT2D eigenvalue weighted by Crippen LogP contribution is -2.55. The number of phenolic OH excluding ortho intramolecular Hbond substituents is 3. The van der Waals surface area contributed by atoms with Crippen LogP contribution in [0.3, 0.4) is 0 Å². The van der Waals surface area contributed by atoms with E-state index in [-0.39, 0.29) is 11.5 Å². The minimum Gasteiger partial charge on any atom is -0.508 e. The number of fused-ring (bicyclic) bond motifs is 1. The SMILES string of the molecule is O=c1cc(-c2ccc(O)cc2)oc2c([C@@H]3OC[C@@H](O)[C@@H](O)[C@@H]3O)c(O)c([C@H]3O[C@@H](CO)[C@H](O)[C@@H](O)[C@@H]3O)c(O)c12. The van der Waals surface area contributed by atoms with Crippen LogP contribution in [0.1, 0.15) is 23.3 Å². The zero-order chi connectivity index (χ0) is 29.0. The van der Waals surface area contributed by atoms with Crippen LogP contribution in [-0.4, -0.2) is 107 Å². The molecule has 2 saturated heterocycles. The van der Waals surface area contributed by atoms with Crippen LogP contribution in [0.5, 0.6) is 17.2 Å². The molecule has 10 N–H and O–H groups in total. The second kappa shape index (κ2) is 10.6. The molecule has 2 fully saturated rings. The van der Waals surface area contributed by atoms with Crippen molar-refractivity contribution in [2.75, 3.05) is 13.2 Å². The van der Waals surface area contributed by atoms with E-state index in [2.05, 4.69) is 0 Å². The third-order valence-electron chi connectivity index (χ3n) is 7.31. The summed E-state index contributed by atoms with van der Waals surface area (Å²) >= 11 is 0. The second-order valence-corrected chi connectivity index (χ2v) is 9.80. The van der Waals surface area contributed by atoms with Gasteiger partial charge in [-0.3, -0.25) is 4.79 Å². The summed E-state index contributed by atoms with van der Waals surface area (Å²) in [6.45, 7) is -1.34. The normalized spacial score (nSPS) is 32.8. The number of phenols is 3. The van der Waals surface area contributed by atoms with Gasteiger partial charge in [0.05, 0.1) is 24.3 Å². The quantitative estimate of drug-likeness (QED) is 0.169. The van der Waals surface area contributed by atoms with Gasteiger partial charge < -0.3 is 65.0 Å². The molecule has 40 heavy (non-hydrogen) atoms. The Kier molecular flexibility index (Phi) is 7.47. The number of hydrogen-bond donors (Lipinski definition) is 10. The molecule has 1 aromatic heterocycles.